The summed E-state index contributed by atoms with van der Waals surface area (Å²) in [6.07, 6.45) is 6.64. The molecule has 0 saturated carbocycles. The summed E-state index contributed by atoms with van der Waals surface area (Å²) in [4.78, 5) is 13.0. The number of anilines is 1. The minimum absolute atomic E-state index is 0.198. The van der Waals surface area contributed by atoms with Gasteiger partial charge >= 0.3 is 0 Å². The van der Waals surface area contributed by atoms with Crippen molar-refractivity contribution in [2.24, 2.45) is 0 Å². The summed E-state index contributed by atoms with van der Waals surface area (Å²) in [5, 5.41) is 3.00. The van der Waals surface area contributed by atoms with Crippen LogP contribution >= 0.6 is 0 Å². The van der Waals surface area contributed by atoms with Crippen molar-refractivity contribution in [3.8, 4) is 0 Å². The smallest absolute Gasteiger partial charge is 0.244 e. The Kier molecular flexibility index (Phi) is 6.86. The number of amides is 1. The predicted molar refractivity (Wildman–Crippen MR) is 122 cm³/mol. The van der Waals surface area contributed by atoms with E-state index in [9.17, 15) is 13.2 Å². The van der Waals surface area contributed by atoms with Gasteiger partial charge in [0.15, 0.2) is 0 Å². The number of rotatable bonds is 7. The molecule has 2 atom stereocenters. The summed E-state index contributed by atoms with van der Waals surface area (Å²) in [7, 11) is -3.62. The number of sulfonamides is 1. The number of nitrogens with zero attached hydrogens (tertiary/aromatic N) is 1. The normalized spacial score (nSPS) is 15.7. The van der Waals surface area contributed by atoms with Gasteiger partial charge in [0, 0.05) is 0 Å². The van der Waals surface area contributed by atoms with Crippen molar-refractivity contribution in [2.75, 3.05) is 10.6 Å². The Labute approximate surface area is 180 Å². The Balaban J connectivity index is 1.77. The summed E-state index contributed by atoms with van der Waals surface area (Å²) in [5.74, 6) is -0.315. The van der Waals surface area contributed by atoms with Crippen LogP contribution in [0.2, 0.25) is 0 Å². The SMILES string of the molecule is CCc1ccc(N([C@@H](C)C(=O)N[C@H](C)c2ccc3c(c2)CCCC3)S(C)(=O)=O)cc1. The van der Waals surface area contributed by atoms with Crippen LogP contribution in [0.5, 0.6) is 0 Å². The molecule has 0 aromatic heterocycles. The Bertz CT molecular complexity index is 1000. The molecule has 30 heavy (non-hydrogen) atoms. The molecule has 162 valence electrons. The molecule has 0 aliphatic heterocycles. The molecule has 0 unspecified atom stereocenters. The first-order chi connectivity index (χ1) is 14.2. The second-order valence-electron chi connectivity index (χ2n) is 8.22. The maximum absolute atomic E-state index is 13.0. The molecule has 1 N–H and O–H groups in total. The predicted octanol–water partition coefficient (Wildman–Crippen LogP) is 4.16. The number of hydrogen-bond acceptors (Lipinski definition) is 3. The number of fused-ring (bicyclic) bond motifs is 1. The van der Waals surface area contributed by atoms with E-state index in [0.29, 0.717) is 5.69 Å². The van der Waals surface area contributed by atoms with E-state index in [2.05, 4.69) is 23.5 Å². The molecule has 6 heteroatoms. The lowest BCUT2D eigenvalue weighted by Crippen LogP contribution is -2.48. The Morgan fingerprint density at radius 2 is 1.67 bits per heavy atom. The lowest BCUT2D eigenvalue weighted by molar-refractivity contribution is -0.122. The molecule has 0 radical (unpaired) electrons. The molecule has 0 spiro atoms. The van der Waals surface area contributed by atoms with Gasteiger partial charge in [-0.25, -0.2) is 8.42 Å². The van der Waals surface area contributed by atoms with Crippen LogP contribution in [0.1, 0.15) is 61.9 Å². The number of nitrogens with one attached hydrogen (secondary N) is 1. The zero-order chi connectivity index (χ0) is 21.9. The lowest BCUT2D eigenvalue weighted by atomic mass is 9.89. The van der Waals surface area contributed by atoms with Crippen LogP contribution in [0.25, 0.3) is 0 Å². The molecular formula is C24H32N2O3S. The maximum atomic E-state index is 13.0. The summed E-state index contributed by atoms with van der Waals surface area (Å²) in [6.45, 7) is 5.61. The van der Waals surface area contributed by atoms with Gasteiger partial charge < -0.3 is 5.32 Å². The van der Waals surface area contributed by atoms with Gasteiger partial charge in [0.1, 0.15) is 6.04 Å². The van der Waals surface area contributed by atoms with Gasteiger partial charge in [-0.2, -0.15) is 0 Å². The lowest BCUT2D eigenvalue weighted by Gasteiger charge is -2.29. The quantitative estimate of drug-likeness (QED) is 0.720. The first kappa shape index (κ1) is 22.3. The van der Waals surface area contributed by atoms with Crippen LogP contribution < -0.4 is 9.62 Å². The highest BCUT2D eigenvalue weighted by molar-refractivity contribution is 7.92. The van der Waals surface area contributed by atoms with Gasteiger partial charge in [-0.1, -0.05) is 37.3 Å². The van der Waals surface area contributed by atoms with E-state index in [0.717, 1.165) is 36.6 Å². The average molecular weight is 429 g/mol. The van der Waals surface area contributed by atoms with Crippen LogP contribution in [-0.4, -0.2) is 26.6 Å². The summed E-state index contributed by atoms with van der Waals surface area (Å²) in [6, 6.07) is 12.7. The van der Waals surface area contributed by atoms with Crippen LogP contribution in [-0.2, 0) is 34.1 Å². The van der Waals surface area contributed by atoms with Crippen molar-refractivity contribution < 1.29 is 13.2 Å². The number of carbonyl (C=O) groups excluding carboxylic acids is 1. The molecule has 1 aliphatic carbocycles. The van der Waals surface area contributed by atoms with Crippen molar-refractivity contribution in [1.29, 1.82) is 0 Å². The number of aryl methyl sites for hydroxylation is 3. The number of hydrogen-bond donors (Lipinski definition) is 1. The molecule has 1 amide bonds. The van der Waals surface area contributed by atoms with E-state index in [1.807, 2.05) is 26.0 Å². The maximum Gasteiger partial charge on any atom is 0.244 e. The van der Waals surface area contributed by atoms with E-state index in [-0.39, 0.29) is 11.9 Å². The van der Waals surface area contributed by atoms with Crippen LogP contribution in [0.4, 0.5) is 5.69 Å². The van der Waals surface area contributed by atoms with Gasteiger partial charge in [-0.3, -0.25) is 9.10 Å². The standard InChI is InChI=1S/C24H32N2O3S/c1-5-19-10-14-23(15-11-19)26(30(4,28)29)18(3)24(27)25-17(2)21-13-12-20-8-6-7-9-22(20)16-21/h10-18H,5-9H2,1-4H3,(H,25,27)/t17-,18+/m1/s1. The van der Waals surface area contributed by atoms with Crippen molar-refractivity contribution in [2.45, 2.75) is 65.0 Å². The summed E-state index contributed by atoms with van der Waals surface area (Å²) in [5.41, 5.74) is 5.43. The Morgan fingerprint density at radius 1 is 1.03 bits per heavy atom. The van der Waals surface area contributed by atoms with Gasteiger partial charge in [0.25, 0.3) is 0 Å². The summed E-state index contributed by atoms with van der Waals surface area (Å²) < 4.78 is 26.2. The summed E-state index contributed by atoms with van der Waals surface area (Å²) >= 11 is 0. The van der Waals surface area contributed by atoms with Crippen molar-refractivity contribution in [3.05, 3.63) is 64.7 Å². The van der Waals surface area contributed by atoms with Crippen LogP contribution in [0, 0.1) is 0 Å². The third kappa shape index (κ3) is 5.04. The molecule has 0 heterocycles. The second-order valence-corrected chi connectivity index (χ2v) is 10.1. The average Bonchev–Trinajstić information content (AvgIpc) is 2.72. The number of benzene rings is 2. The molecule has 0 fully saturated rings. The first-order valence-corrected chi connectivity index (χ1v) is 12.6. The van der Waals surface area contributed by atoms with Crippen molar-refractivity contribution in [3.63, 3.8) is 0 Å². The van der Waals surface area contributed by atoms with Gasteiger partial charge in [0.05, 0.1) is 18.0 Å². The highest BCUT2D eigenvalue weighted by Crippen LogP contribution is 2.26. The van der Waals surface area contributed by atoms with E-state index >= 15 is 0 Å². The van der Waals surface area contributed by atoms with Crippen LogP contribution in [0.3, 0.4) is 0 Å². The fraction of sp³-hybridized carbons (Fsp3) is 0.458. The van der Waals surface area contributed by atoms with Crippen molar-refractivity contribution in [1.82, 2.24) is 5.32 Å². The topological polar surface area (TPSA) is 66.5 Å². The van der Waals surface area contributed by atoms with Gasteiger partial charge in [0.2, 0.25) is 15.9 Å². The highest BCUT2D eigenvalue weighted by atomic mass is 32.2. The Hall–Kier alpha value is -2.34. The van der Waals surface area contributed by atoms with Crippen molar-refractivity contribution >= 4 is 21.6 Å². The van der Waals surface area contributed by atoms with Crippen LogP contribution in [0.15, 0.2) is 42.5 Å². The van der Waals surface area contributed by atoms with Gasteiger partial charge in [-0.15, -0.1) is 0 Å². The molecule has 0 saturated heterocycles. The van der Waals surface area contributed by atoms with E-state index in [1.54, 1.807) is 19.1 Å². The second kappa shape index (κ2) is 9.21. The molecule has 2 aromatic rings. The zero-order valence-corrected chi connectivity index (χ0v) is 19.1. The molecular weight excluding hydrogens is 396 g/mol. The highest BCUT2D eigenvalue weighted by Gasteiger charge is 2.30. The largest absolute Gasteiger partial charge is 0.348 e. The molecule has 2 aromatic carbocycles. The number of carbonyl (C=O) groups is 1. The van der Waals surface area contributed by atoms with E-state index in [1.165, 1.54) is 28.3 Å². The monoisotopic (exact) mass is 428 g/mol. The zero-order valence-electron chi connectivity index (χ0n) is 18.3. The van der Waals surface area contributed by atoms with Gasteiger partial charge in [-0.05, 0) is 80.3 Å². The van der Waals surface area contributed by atoms with E-state index < -0.39 is 16.1 Å². The third-order valence-electron chi connectivity index (χ3n) is 5.92. The minimum atomic E-state index is -3.62. The molecule has 0 bridgehead atoms. The fourth-order valence-electron chi connectivity index (χ4n) is 4.13. The molecule has 1 aliphatic rings. The minimum Gasteiger partial charge on any atom is -0.348 e. The molecule has 5 nitrogen and oxygen atoms in total. The first-order valence-electron chi connectivity index (χ1n) is 10.7. The Morgan fingerprint density at radius 3 is 2.27 bits per heavy atom. The third-order valence-corrected chi connectivity index (χ3v) is 7.16. The molecule has 3 rings (SSSR count). The van der Waals surface area contributed by atoms with E-state index in [4.69, 9.17) is 0 Å². The fourth-order valence-corrected chi connectivity index (χ4v) is 5.30.